The molecule has 2 amide bonds. The molecular weight excluding hydrogens is 396 g/mol. The third kappa shape index (κ3) is 5.59. The summed E-state index contributed by atoms with van der Waals surface area (Å²) in [5, 5.41) is 5.80. The van der Waals surface area contributed by atoms with Crippen molar-refractivity contribution in [2.75, 3.05) is 13.2 Å². The molecule has 0 atom stereocenters. The molecule has 1 saturated carbocycles. The standard InChI is InChI=1S/C20H21BrN2O3/c21-18-4-2-1-3-17(18)20(25)22-12-11-14-5-9-16(10-6-14)26-13-19(24)23-15-7-8-15/h1-6,9-10,15H,7-8,11-13H2,(H,22,25)(H,23,24). The van der Waals surface area contributed by atoms with Crippen LogP contribution in [0.5, 0.6) is 5.75 Å². The van der Waals surface area contributed by atoms with Crippen LogP contribution in [0.25, 0.3) is 0 Å². The van der Waals surface area contributed by atoms with Crippen LogP contribution >= 0.6 is 15.9 Å². The van der Waals surface area contributed by atoms with Crippen LogP contribution in [0.3, 0.4) is 0 Å². The normalized spacial score (nSPS) is 13.1. The monoisotopic (exact) mass is 416 g/mol. The van der Waals surface area contributed by atoms with Crippen LogP contribution in [-0.2, 0) is 11.2 Å². The molecule has 1 aliphatic rings. The number of nitrogens with one attached hydrogen (secondary N) is 2. The predicted octanol–water partition coefficient (Wildman–Crippen LogP) is 3.08. The second-order valence-electron chi connectivity index (χ2n) is 6.26. The Bertz CT molecular complexity index is 773. The Morgan fingerprint density at radius 1 is 1.08 bits per heavy atom. The van der Waals surface area contributed by atoms with Gasteiger partial charge in [-0.3, -0.25) is 9.59 Å². The van der Waals surface area contributed by atoms with E-state index in [9.17, 15) is 9.59 Å². The number of amides is 2. The number of benzene rings is 2. The van der Waals surface area contributed by atoms with Gasteiger partial charge in [-0.15, -0.1) is 0 Å². The molecule has 5 nitrogen and oxygen atoms in total. The summed E-state index contributed by atoms with van der Waals surface area (Å²) in [7, 11) is 0. The van der Waals surface area contributed by atoms with E-state index in [0.29, 0.717) is 23.9 Å². The van der Waals surface area contributed by atoms with E-state index in [1.165, 1.54) is 0 Å². The van der Waals surface area contributed by atoms with Gasteiger partial charge in [0.2, 0.25) is 0 Å². The van der Waals surface area contributed by atoms with E-state index in [4.69, 9.17) is 4.74 Å². The van der Waals surface area contributed by atoms with Crippen LogP contribution in [0.1, 0.15) is 28.8 Å². The van der Waals surface area contributed by atoms with Gasteiger partial charge in [0.1, 0.15) is 5.75 Å². The van der Waals surface area contributed by atoms with Crippen LogP contribution in [0, 0.1) is 0 Å². The second-order valence-corrected chi connectivity index (χ2v) is 7.11. The Morgan fingerprint density at radius 2 is 1.81 bits per heavy atom. The van der Waals surface area contributed by atoms with E-state index in [1.807, 2.05) is 42.5 Å². The van der Waals surface area contributed by atoms with Crippen molar-refractivity contribution in [1.82, 2.24) is 10.6 Å². The average molecular weight is 417 g/mol. The number of hydrogen-bond acceptors (Lipinski definition) is 3. The van der Waals surface area contributed by atoms with Gasteiger partial charge in [-0.05, 0) is 65.0 Å². The minimum Gasteiger partial charge on any atom is -0.484 e. The zero-order valence-corrected chi connectivity index (χ0v) is 15.9. The first-order chi connectivity index (χ1) is 12.6. The van der Waals surface area contributed by atoms with Crippen molar-refractivity contribution in [1.29, 1.82) is 0 Å². The summed E-state index contributed by atoms with van der Waals surface area (Å²) in [6, 6.07) is 15.3. The minimum absolute atomic E-state index is 0.0395. The molecule has 26 heavy (non-hydrogen) atoms. The largest absolute Gasteiger partial charge is 0.484 e. The molecule has 0 saturated heterocycles. The van der Waals surface area contributed by atoms with E-state index >= 15 is 0 Å². The lowest BCUT2D eigenvalue weighted by molar-refractivity contribution is -0.123. The lowest BCUT2D eigenvalue weighted by atomic mass is 10.1. The topological polar surface area (TPSA) is 67.4 Å². The van der Waals surface area contributed by atoms with E-state index in [0.717, 1.165) is 29.3 Å². The molecule has 0 bridgehead atoms. The van der Waals surface area contributed by atoms with E-state index in [1.54, 1.807) is 6.07 Å². The zero-order chi connectivity index (χ0) is 18.4. The van der Waals surface area contributed by atoms with Crippen LogP contribution < -0.4 is 15.4 Å². The molecule has 0 aromatic heterocycles. The molecule has 2 aromatic carbocycles. The van der Waals surface area contributed by atoms with Gasteiger partial charge in [-0.1, -0.05) is 24.3 Å². The quantitative estimate of drug-likeness (QED) is 0.694. The highest BCUT2D eigenvalue weighted by Gasteiger charge is 2.23. The predicted molar refractivity (Wildman–Crippen MR) is 103 cm³/mol. The molecule has 1 aliphatic carbocycles. The number of ether oxygens (including phenoxy) is 1. The first-order valence-corrected chi connectivity index (χ1v) is 9.45. The number of halogens is 1. The van der Waals surface area contributed by atoms with Gasteiger partial charge in [-0.25, -0.2) is 0 Å². The van der Waals surface area contributed by atoms with Gasteiger partial charge in [0, 0.05) is 17.1 Å². The highest BCUT2D eigenvalue weighted by molar-refractivity contribution is 9.10. The highest BCUT2D eigenvalue weighted by atomic mass is 79.9. The number of hydrogen-bond donors (Lipinski definition) is 2. The Kier molecular flexibility index (Phi) is 6.28. The lowest BCUT2D eigenvalue weighted by Gasteiger charge is -2.09. The van der Waals surface area contributed by atoms with Crippen LogP contribution in [-0.4, -0.2) is 31.0 Å². The van der Waals surface area contributed by atoms with Gasteiger partial charge in [0.25, 0.3) is 11.8 Å². The number of carbonyl (C=O) groups excluding carboxylic acids is 2. The molecule has 0 heterocycles. The molecule has 2 aromatic rings. The van der Waals surface area contributed by atoms with Gasteiger partial charge in [-0.2, -0.15) is 0 Å². The van der Waals surface area contributed by atoms with Gasteiger partial charge >= 0.3 is 0 Å². The molecule has 0 radical (unpaired) electrons. The van der Waals surface area contributed by atoms with Crippen LogP contribution in [0.2, 0.25) is 0 Å². The van der Waals surface area contributed by atoms with Crippen molar-refractivity contribution in [3.05, 3.63) is 64.1 Å². The number of rotatable bonds is 8. The highest BCUT2D eigenvalue weighted by Crippen LogP contribution is 2.18. The van der Waals surface area contributed by atoms with Crippen LogP contribution in [0.15, 0.2) is 53.0 Å². The van der Waals surface area contributed by atoms with E-state index < -0.39 is 0 Å². The molecule has 136 valence electrons. The maximum atomic E-state index is 12.1. The molecule has 3 rings (SSSR count). The SMILES string of the molecule is O=C(COc1ccc(CCNC(=O)c2ccccc2Br)cc1)NC1CC1. The Hall–Kier alpha value is -2.34. The molecule has 2 N–H and O–H groups in total. The molecule has 0 spiro atoms. The molecule has 0 unspecified atom stereocenters. The second kappa shape index (κ2) is 8.85. The molecule has 6 heteroatoms. The van der Waals surface area contributed by atoms with E-state index in [2.05, 4.69) is 26.6 Å². The summed E-state index contributed by atoms with van der Waals surface area (Å²) in [5.74, 6) is 0.488. The zero-order valence-electron chi connectivity index (χ0n) is 14.3. The van der Waals surface area contributed by atoms with Crippen molar-refractivity contribution < 1.29 is 14.3 Å². The van der Waals surface area contributed by atoms with Gasteiger partial charge < -0.3 is 15.4 Å². The summed E-state index contributed by atoms with van der Waals surface area (Å²) in [5.41, 5.74) is 1.72. The summed E-state index contributed by atoms with van der Waals surface area (Å²) in [6.45, 7) is 0.585. The number of carbonyl (C=O) groups is 2. The van der Waals surface area contributed by atoms with Crippen molar-refractivity contribution in [2.24, 2.45) is 0 Å². The Balaban J connectivity index is 1.40. The first kappa shape index (κ1) is 18.5. The van der Waals surface area contributed by atoms with Crippen molar-refractivity contribution >= 4 is 27.7 Å². The fourth-order valence-electron chi connectivity index (χ4n) is 2.46. The van der Waals surface area contributed by atoms with Crippen molar-refractivity contribution in [3.8, 4) is 5.75 Å². The molecular formula is C20H21BrN2O3. The smallest absolute Gasteiger partial charge is 0.258 e. The summed E-state index contributed by atoms with van der Waals surface area (Å²) in [4.78, 5) is 23.7. The fourth-order valence-corrected chi connectivity index (χ4v) is 2.92. The Labute approximate surface area is 161 Å². The first-order valence-electron chi connectivity index (χ1n) is 8.65. The van der Waals surface area contributed by atoms with E-state index in [-0.39, 0.29) is 18.4 Å². The average Bonchev–Trinajstić information content (AvgIpc) is 3.45. The Morgan fingerprint density at radius 3 is 2.50 bits per heavy atom. The van der Waals surface area contributed by atoms with Gasteiger partial charge in [0.15, 0.2) is 6.61 Å². The van der Waals surface area contributed by atoms with Crippen molar-refractivity contribution in [2.45, 2.75) is 25.3 Å². The summed E-state index contributed by atoms with van der Waals surface area (Å²) < 4.78 is 6.26. The third-order valence-electron chi connectivity index (χ3n) is 4.05. The summed E-state index contributed by atoms with van der Waals surface area (Å²) >= 11 is 3.38. The fraction of sp³-hybridized carbons (Fsp3) is 0.300. The minimum atomic E-state index is -0.0981. The van der Waals surface area contributed by atoms with Gasteiger partial charge in [0.05, 0.1) is 5.56 Å². The maximum Gasteiger partial charge on any atom is 0.258 e. The van der Waals surface area contributed by atoms with Crippen molar-refractivity contribution in [3.63, 3.8) is 0 Å². The maximum absolute atomic E-state index is 12.1. The summed E-state index contributed by atoms with van der Waals surface area (Å²) in [6.07, 6.45) is 2.86. The third-order valence-corrected chi connectivity index (χ3v) is 4.74. The van der Waals surface area contributed by atoms with Crippen LogP contribution in [0.4, 0.5) is 0 Å². The lowest BCUT2D eigenvalue weighted by Crippen LogP contribution is -2.30. The molecule has 1 fully saturated rings. The molecule has 0 aliphatic heterocycles.